The van der Waals surface area contributed by atoms with Crippen molar-refractivity contribution in [2.45, 2.75) is 64.7 Å². The van der Waals surface area contributed by atoms with Crippen molar-refractivity contribution in [1.29, 1.82) is 0 Å². The third-order valence-electron chi connectivity index (χ3n) is 7.11. The normalized spacial score (nSPS) is 35.4. The van der Waals surface area contributed by atoms with E-state index in [1.54, 1.807) is 0 Å². The maximum absolute atomic E-state index is 12.4. The summed E-state index contributed by atoms with van der Waals surface area (Å²) >= 11 is 0. The number of aryl methyl sites for hydroxylation is 2. The molecule has 0 N–H and O–H groups in total. The number of hydrogen-bond donors (Lipinski definition) is 0. The van der Waals surface area contributed by atoms with Gasteiger partial charge < -0.3 is 0 Å². The lowest BCUT2D eigenvalue weighted by Gasteiger charge is -2.48. The summed E-state index contributed by atoms with van der Waals surface area (Å²) in [5, 5.41) is 3.23. The SMILES string of the molecule is CCc1cc2c(cc1N=O)CCC1C2CCC2(C)C(=O)CCC12. The molecule has 0 radical (unpaired) electrons. The molecule has 3 nitrogen and oxygen atoms in total. The van der Waals surface area contributed by atoms with Gasteiger partial charge in [0.25, 0.3) is 0 Å². The summed E-state index contributed by atoms with van der Waals surface area (Å²) in [6, 6.07) is 4.29. The van der Waals surface area contributed by atoms with Gasteiger partial charge in [-0.1, -0.05) is 19.9 Å². The molecule has 0 aromatic heterocycles. The van der Waals surface area contributed by atoms with E-state index >= 15 is 0 Å². The average molecular weight is 311 g/mol. The van der Waals surface area contributed by atoms with Crippen LogP contribution in [-0.4, -0.2) is 5.78 Å². The molecule has 4 atom stereocenters. The van der Waals surface area contributed by atoms with Gasteiger partial charge in [-0.05, 0) is 84.2 Å². The topological polar surface area (TPSA) is 46.5 Å². The Balaban J connectivity index is 1.75. The minimum absolute atomic E-state index is 0.0590. The van der Waals surface area contributed by atoms with Crippen molar-refractivity contribution in [2.75, 3.05) is 0 Å². The van der Waals surface area contributed by atoms with Gasteiger partial charge in [0.2, 0.25) is 0 Å². The smallest absolute Gasteiger partial charge is 0.139 e. The number of nitroso groups, excluding NO2 is 1. The number of hydrogen-bond acceptors (Lipinski definition) is 3. The van der Waals surface area contributed by atoms with Gasteiger partial charge >= 0.3 is 0 Å². The van der Waals surface area contributed by atoms with Crippen LogP contribution in [0.1, 0.15) is 68.6 Å². The first-order valence-electron chi connectivity index (χ1n) is 9.11. The fourth-order valence-electron chi connectivity index (χ4n) is 5.79. The Morgan fingerprint density at radius 3 is 2.78 bits per heavy atom. The minimum atomic E-state index is -0.0590. The summed E-state index contributed by atoms with van der Waals surface area (Å²) in [4.78, 5) is 23.5. The molecular formula is C20H25NO2. The Bertz CT molecular complexity index is 680. The number of carbonyl (C=O) groups is 1. The van der Waals surface area contributed by atoms with Crippen molar-refractivity contribution in [1.82, 2.24) is 0 Å². The molecule has 2 saturated carbocycles. The zero-order valence-electron chi connectivity index (χ0n) is 14.1. The zero-order valence-corrected chi connectivity index (χ0v) is 14.1. The number of nitrogens with zero attached hydrogens (tertiary/aromatic N) is 1. The lowest BCUT2D eigenvalue weighted by atomic mass is 9.55. The Kier molecular flexibility index (Phi) is 3.44. The van der Waals surface area contributed by atoms with Gasteiger partial charge in [-0.15, -0.1) is 4.91 Å². The van der Waals surface area contributed by atoms with Crippen LogP contribution in [0.25, 0.3) is 0 Å². The standard InChI is InChI=1S/C20H25NO2/c1-3-12-10-16-13(11-18(12)21-23)4-5-15-14(16)8-9-20(2)17(15)6-7-19(20)22/h10-11,14-15,17H,3-9H2,1-2H3. The fraction of sp³-hybridized carbons (Fsp3) is 0.650. The van der Waals surface area contributed by atoms with Gasteiger partial charge in [0, 0.05) is 11.8 Å². The molecule has 122 valence electrons. The van der Waals surface area contributed by atoms with E-state index in [2.05, 4.69) is 25.1 Å². The predicted octanol–water partition coefficient (Wildman–Crippen LogP) is 5.07. The third kappa shape index (κ3) is 2.05. The van der Waals surface area contributed by atoms with E-state index < -0.39 is 0 Å². The summed E-state index contributed by atoms with van der Waals surface area (Å²) < 4.78 is 0. The quantitative estimate of drug-likeness (QED) is 0.716. The van der Waals surface area contributed by atoms with Gasteiger partial charge in [-0.3, -0.25) is 4.79 Å². The Morgan fingerprint density at radius 1 is 1.22 bits per heavy atom. The maximum atomic E-state index is 12.4. The second-order valence-electron chi connectivity index (χ2n) is 7.96. The number of fused-ring (bicyclic) bond motifs is 5. The number of ketones is 1. The summed E-state index contributed by atoms with van der Waals surface area (Å²) in [6.07, 6.45) is 7.07. The summed E-state index contributed by atoms with van der Waals surface area (Å²) in [6.45, 7) is 4.31. The highest BCUT2D eigenvalue weighted by Gasteiger charge is 2.54. The van der Waals surface area contributed by atoms with Crippen LogP contribution in [0.15, 0.2) is 17.3 Å². The van der Waals surface area contributed by atoms with Crippen LogP contribution >= 0.6 is 0 Å². The van der Waals surface area contributed by atoms with Crippen LogP contribution in [0.4, 0.5) is 5.69 Å². The molecule has 0 heterocycles. The highest BCUT2D eigenvalue weighted by Crippen LogP contribution is 2.59. The van der Waals surface area contributed by atoms with Crippen LogP contribution in [0.5, 0.6) is 0 Å². The predicted molar refractivity (Wildman–Crippen MR) is 90.9 cm³/mol. The molecule has 23 heavy (non-hydrogen) atoms. The molecule has 3 heteroatoms. The van der Waals surface area contributed by atoms with Crippen molar-refractivity contribution in [3.05, 3.63) is 33.7 Å². The molecule has 0 saturated heterocycles. The molecule has 3 aliphatic carbocycles. The molecule has 0 bridgehead atoms. The maximum Gasteiger partial charge on any atom is 0.139 e. The molecule has 0 aliphatic heterocycles. The summed E-state index contributed by atoms with van der Waals surface area (Å²) in [5.74, 6) is 2.29. The monoisotopic (exact) mass is 311 g/mol. The first kappa shape index (κ1) is 15.0. The molecule has 1 aromatic carbocycles. The molecule has 1 aromatic rings. The second kappa shape index (κ2) is 5.25. The van der Waals surface area contributed by atoms with E-state index in [0.717, 1.165) is 50.5 Å². The number of Topliss-reactive ketones (excluding diaryl/α,β-unsaturated/α-hetero) is 1. The van der Waals surface area contributed by atoms with Gasteiger partial charge in [0.05, 0.1) is 0 Å². The van der Waals surface area contributed by atoms with Crippen molar-refractivity contribution in [2.24, 2.45) is 22.4 Å². The van der Waals surface area contributed by atoms with Gasteiger partial charge in [-0.25, -0.2) is 0 Å². The highest BCUT2D eigenvalue weighted by molar-refractivity contribution is 5.87. The number of carbonyl (C=O) groups excluding carboxylic acids is 1. The van der Waals surface area contributed by atoms with Crippen LogP contribution in [-0.2, 0) is 17.6 Å². The second-order valence-corrected chi connectivity index (χ2v) is 7.96. The third-order valence-corrected chi connectivity index (χ3v) is 7.11. The number of benzene rings is 1. The van der Waals surface area contributed by atoms with E-state index in [4.69, 9.17) is 0 Å². The summed E-state index contributed by atoms with van der Waals surface area (Å²) in [7, 11) is 0. The average Bonchev–Trinajstić information content (AvgIpc) is 2.88. The van der Waals surface area contributed by atoms with Crippen LogP contribution < -0.4 is 0 Å². The first-order chi connectivity index (χ1) is 11.1. The lowest BCUT2D eigenvalue weighted by Crippen LogP contribution is -2.42. The molecular weight excluding hydrogens is 286 g/mol. The van der Waals surface area contributed by atoms with E-state index in [0.29, 0.717) is 29.2 Å². The van der Waals surface area contributed by atoms with Crippen molar-refractivity contribution in [3.63, 3.8) is 0 Å². The van der Waals surface area contributed by atoms with Gasteiger partial charge in [0.15, 0.2) is 0 Å². The van der Waals surface area contributed by atoms with Gasteiger partial charge in [0.1, 0.15) is 11.5 Å². The van der Waals surface area contributed by atoms with E-state index in [1.807, 2.05) is 6.07 Å². The Morgan fingerprint density at radius 2 is 2.04 bits per heavy atom. The van der Waals surface area contributed by atoms with E-state index in [-0.39, 0.29) is 5.41 Å². The van der Waals surface area contributed by atoms with Crippen LogP contribution in [0.3, 0.4) is 0 Å². The molecule has 0 spiro atoms. The summed E-state index contributed by atoms with van der Waals surface area (Å²) in [5.41, 5.74) is 4.42. The first-order valence-corrected chi connectivity index (χ1v) is 9.11. The molecule has 0 amide bonds. The van der Waals surface area contributed by atoms with E-state index in [1.165, 1.54) is 11.1 Å². The number of rotatable bonds is 2. The molecule has 4 rings (SSSR count). The lowest BCUT2D eigenvalue weighted by molar-refractivity contribution is -0.129. The van der Waals surface area contributed by atoms with E-state index in [9.17, 15) is 9.70 Å². The van der Waals surface area contributed by atoms with Crippen LogP contribution in [0.2, 0.25) is 0 Å². The van der Waals surface area contributed by atoms with Crippen molar-refractivity contribution in [3.8, 4) is 0 Å². The Hall–Kier alpha value is -1.51. The fourth-order valence-corrected chi connectivity index (χ4v) is 5.79. The largest absolute Gasteiger partial charge is 0.299 e. The zero-order chi connectivity index (χ0) is 16.2. The van der Waals surface area contributed by atoms with Crippen molar-refractivity contribution < 1.29 is 4.79 Å². The van der Waals surface area contributed by atoms with Gasteiger partial charge in [-0.2, -0.15) is 0 Å². The molecule has 2 fully saturated rings. The molecule has 3 aliphatic rings. The Labute approximate surface area is 137 Å². The highest BCUT2D eigenvalue weighted by atomic mass is 16.3. The van der Waals surface area contributed by atoms with Crippen molar-refractivity contribution >= 4 is 11.5 Å². The minimum Gasteiger partial charge on any atom is -0.299 e. The molecule has 4 unspecified atom stereocenters. The van der Waals surface area contributed by atoms with Crippen LogP contribution in [0, 0.1) is 22.2 Å².